The Morgan fingerprint density at radius 3 is 2.91 bits per heavy atom. The molecule has 2 N–H and O–H groups in total. The third-order valence-electron chi connectivity index (χ3n) is 3.13. The molecule has 0 radical (unpaired) electrons. The Hall–Kier alpha value is -1.89. The number of aliphatic hydroxyl groups excluding tert-OH is 1. The van der Waals surface area contributed by atoms with E-state index in [4.69, 9.17) is 11.6 Å². The average Bonchev–Trinajstić information content (AvgIpc) is 3.17. The minimum absolute atomic E-state index is 0.0444. The van der Waals surface area contributed by atoms with E-state index in [-0.39, 0.29) is 6.61 Å². The molecule has 22 heavy (non-hydrogen) atoms. The van der Waals surface area contributed by atoms with Gasteiger partial charge in [-0.05, 0) is 23.1 Å². The first kappa shape index (κ1) is 15.0. The fraction of sp³-hybridized carbons (Fsp3) is 0.200. The van der Waals surface area contributed by atoms with Crippen LogP contribution in [0.1, 0.15) is 5.56 Å². The van der Waals surface area contributed by atoms with Gasteiger partial charge in [-0.25, -0.2) is 9.67 Å². The molecule has 0 atom stereocenters. The summed E-state index contributed by atoms with van der Waals surface area (Å²) in [6, 6.07) is 9.71. The van der Waals surface area contributed by atoms with Crippen molar-refractivity contribution < 1.29 is 5.11 Å². The molecule has 0 amide bonds. The molecular weight excluding hydrogens is 320 g/mol. The summed E-state index contributed by atoms with van der Waals surface area (Å²) < 4.78 is 1.78. The predicted octanol–water partition coefficient (Wildman–Crippen LogP) is 3.26. The van der Waals surface area contributed by atoms with Crippen molar-refractivity contribution in [1.29, 1.82) is 0 Å². The molecule has 0 spiro atoms. The van der Waals surface area contributed by atoms with Crippen LogP contribution in [0.3, 0.4) is 0 Å². The molecule has 5 nitrogen and oxygen atoms in total. The third kappa shape index (κ3) is 3.47. The second kappa shape index (κ2) is 6.91. The molecule has 0 saturated heterocycles. The molecule has 114 valence electrons. The zero-order valence-corrected chi connectivity index (χ0v) is 13.3. The number of nitrogens with zero attached hydrogens (tertiary/aromatic N) is 3. The lowest BCUT2D eigenvalue weighted by Gasteiger charge is -2.08. The highest BCUT2D eigenvalue weighted by atomic mass is 35.5. The van der Waals surface area contributed by atoms with Crippen LogP contribution in [-0.2, 0) is 13.1 Å². The van der Waals surface area contributed by atoms with Crippen molar-refractivity contribution >= 4 is 28.8 Å². The minimum Gasteiger partial charge on any atom is -0.394 e. The molecule has 3 rings (SSSR count). The largest absolute Gasteiger partial charge is 0.394 e. The molecule has 3 heterocycles. The van der Waals surface area contributed by atoms with Gasteiger partial charge in [-0.2, -0.15) is 5.10 Å². The van der Waals surface area contributed by atoms with E-state index in [1.54, 1.807) is 28.3 Å². The van der Waals surface area contributed by atoms with Crippen molar-refractivity contribution in [3.63, 3.8) is 0 Å². The SMILES string of the molecule is OCCn1nc(-c2cccs2)cc1NCc1ccc(Cl)nc1. The molecule has 3 aromatic heterocycles. The highest BCUT2D eigenvalue weighted by Gasteiger charge is 2.10. The van der Waals surface area contributed by atoms with E-state index in [2.05, 4.69) is 15.4 Å². The summed E-state index contributed by atoms with van der Waals surface area (Å²) in [6.45, 7) is 1.11. The third-order valence-corrected chi connectivity index (χ3v) is 4.24. The highest BCUT2D eigenvalue weighted by molar-refractivity contribution is 7.13. The van der Waals surface area contributed by atoms with Gasteiger partial charge in [0.25, 0.3) is 0 Å². The smallest absolute Gasteiger partial charge is 0.129 e. The number of hydrogen-bond acceptors (Lipinski definition) is 5. The lowest BCUT2D eigenvalue weighted by atomic mass is 10.3. The first-order chi connectivity index (χ1) is 10.8. The summed E-state index contributed by atoms with van der Waals surface area (Å²) in [5, 5.41) is 19.6. The summed E-state index contributed by atoms with van der Waals surface area (Å²) in [5.74, 6) is 0.868. The van der Waals surface area contributed by atoms with Crippen molar-refractivity contribution in [2.45, 2.75) is 13.1 Å². The Labute approximate surface area is 137 Å². The molecule has 0 unspecified atom stereocenters. The van der Waals surface area contributed by atoms with Crippen molar-refractivity contribution in [2.75, 3.05) is 11.9 Å². The Kier molecular flexibility index (Phi) is 4.72. The average molecular weight is 335 g/mol. The molecule has 0 fully saturated rings. The van der Waals surface area contributed by atoms with Gasteiger partial charge in [-0.1, -0.05) is 23.7 Å². The van der Waals surface area contributed by atoms with Crippen LogP contribution in [0, 0.1) is 0 Å². The van der Waals surface area contributed by atoms with Crippen LogP contribution in [0.15, 0.2) is 41.9 Å². The Morgan fingerprint density at radius 2 is 2.23 bits per heavy atom. The van der Waals surface area contributed by atoms with Gasteiger partial charge in [0.1, 0.15) is 16.7 Å². The van der Waals surface area contributed by atoms with Crippen LogP contribution in [0.2, 0.25) is 5.15 Å². The van der Waals surface area contributed by atoms with Crippen LogP contribution < -0.4 is 5.32 Å². The minimum atomic E-state index is 0.0444. The van der Waals surface area contributed by atoms with E-state index in [9.17, 15) is 5.11 Å². The zero-order chi connectivity index (χ0) is 15.4. The number of pyridine rings is 1. The normalized spacial score (nSPS) is 10.8. The molecule has 3 aromatic rings. The fourth-order valence-corrected chi connectivity index (χ4v) is 2.87. The van der Waals surface area contributed by atoms with E-state index >= 15 is 0 Å². The van der Waals surface area contributed by atoms with Gasteiger partial charge in [-0.15, -0.1) is 11.3 Å². The molecule has 0 bridgehead atoms. The van der Waals surface area contributed by atoms with E-state index in [1.165, 1.54) is 0 Å². The predicted molar refractivity (Wildman–Crippen MR) is 89.2 cm³/mol. The number of rotatable bonds is 6. The second-order valence-electron chi connectivity index (χ2n) is 4.68. The number of thiophene rings is 1. The molecule has 0 aromatic carbocycles. The van der Waals surface area contributed by atoms with Gasteiger partial charge >= 0.3 is 0 Å². The number of hydrogen-bond donors (Lipinski definition) is 2. The van der Waals surface area contributed by atoms with Crippen LogP contribution in [0.5, 0.6) is 0 Å². The lowest BCUT2D eigenvalue weighted by molar-refractivity contribution is 0.270. The second-order valence-corrected chi connectivity index (χ2v) is 6.02. The molecule has 0 aliphatic rings. The molecular formula is C15H15ClN4OS. The van der Waals surface area contributed by atoms with Gasteiger partial charge < -0.3 is 10.4 Å². The quantitative estimate of drug-likeness (QED) is 0.679. The van der Waals surface area contributed by atoms with Gasteiger partial charge in [0.05, 0.1) is 18.0 Å². The summed E-state index contributed by atoms with van der Waals surface area (Å²) in [6.07, 6.45) is 1.74. The van der Waals surface area contributed by atoms with E-state index < -0.39 is 0 Å². The number of nitrogens with one attached hydrogen (secondary N) is 1. The van der Waals surface area contributed by atoms with Crippen LogP contribution in [0.4, 0.5) is 5.82 Å². The Morgan fingerprint density at radius 1 is 1.32 bits per heavy atom. The number of aliphatic hydroxyl groups is 1. The fourth-order valence-electron chi connectivity index (χ4n) is 2.07. The Balaban J connectivity index is 1.78. The summed E-state index contributed by atoms with van der Waals surface area (Å²) in [4.78, 5) is 5.17. The molecule has 7 heteroatoms. The Bertz CT molecular complexity index is 725. The lowest BCUT2D eigenvalue weighted by Crippen LogP contribution is -2.10. The van der Waals surface area contributed by atoms with Gasteiger partial charge in [0.15, 0.2) is 0 Å². The summed E-state index contributed by atoms with van der Waals surface area (Å²) >= 11 is 7.42. The maximum absolute atomic E-state index is 9.19. The molecule has 0 aliphatic heterocycles. The standard InChI is InChI=1S/C15H15ClN4OS/c16-14-4-3-11(9-17-14)10-18-15-8-12(13-2-1-7-22-13)19-20(15)5-6-21/h1-4,7-9,18,21H,5-6,10H2. The van der Waals surface area contributed by atoms with Crippen LogP contribution in [-0.4, -0.2) is 26.5 Å². The van der Waals surface area contributed by atoms with Gasteiger partial charge in [0, 0.05) is 18.8 Å². The number of aromatic nitrogens is 3. The first-order valence-corrected chi connectivity index (χ1v) is 8.09. The zero-order valence-electron chi connectivity index (χ0n) is 11.7. The van der Waals surface area contributed by atoms with Crippen LogP contribution >= 0.6 is 22.9 Å². The van der Waals surface area contributed by atoms with Crippen LogP contribution in [0.25, 0.3) is 10.6 Å². The summed E-state index contributed by atoms with van der Waals surface area (Å²) in [7, 11) is 0. The van der Waals surface area contributed by atoms with Crippen molar-refractivity contribution in [2.24, 2.45) is 0 Å². The maximum Gasteiger partial charge on any atom is 0.129 e. The molecule has 0 aliphatic carbocycles. The maximum atomic E-state index is 9.19. The molecule has 0 saturated carbocycles. The monoisotopic (exact) mass is 334 g/mol. The van der Waals surface area contributed by atoms with E-state index in [0.29, 0.717) is 18.2 Å². The van der Waals surface area contributed by atoms with Gasteiger partial charge in [-0.3, -0.25) is 0 Å². The number of anilines is 1. The first-order valence-electron chi connectivity index (χ1n) is 6.83. The number of halogens is 1. The highest BCUT2D eigenvalue weighted by Crippen LogP contribution is 2.26. The van der Waals surface area contributed by atoms with Crippen molar-refractivity contribution in [1.82, 2.24) is 14.8 Å². The topological polar surface area (TPSA) is 63.0 Å². The van der Waals surface area contributed by atoms with E-state index in [0.717, 1.165) is 22.0 Å². The van der Waals surface area contributed by atoms with Crippen molar-refractivity contribution in [3.8, 4) is 10.6 Å². The summed E-state index contributed by atoms with van der Waals surface area (Å²) in [5.41, 5.74) is 1.93. The van der Waals surface area contributed by atoms with Gasteiger partial charge in [0.2, 0.25) is 0 Å². The van der Waals surface area contributed by atoms with Crippen molar-refractivity contribution in [3.05, 3.63) is 52.6 Å². The van der Waals surface area contributed by atoms with E-state index in [1.807, 2.05) is 29.6 Å².